The van der Waals surface area contributed by atoms with Crippen molar-refractivity contribution < 1.29 is 4.79 Å². The smallest absolute Gasteiger partial charge is 0.259 e. The molecular formula is C27H23N5O. The Morgan fingerprint density at radius 2 is 1.70 bits per heavy atom. The quantitative estimate of drug-likeness (QED) is 0.393. The highest BCUT2D eigenvalue weighted by Gasteiger charge is 2.18. The number of carbonyl (C=O) groups is 1. The highest BCUT2D eigenvalue weighted by Crippen LogP contribution is 2.24. The highest BCUT2D eigenvalue weighted by atomic mass is 16.1. The second kappa shape index (κ2) is 8.96. The number of aromatic nitrogens is 4. The largest absolute Gasteiger partial charge is 0.322 e. The fraction of sp³-hybridized carbons (Fsp3) is 0.0741. The highest BCUT2D eigenvalue weighted by molar-refractivity contribution is 6.08. The van der Waals surface area contributed by atoms with E-state index in [2.05, 4.69) is 22.4 Å². The van der Waals surface area contributed by atoms with Crippen molar-refractivity contribution in [3.63, 3.8) is 0 Å². The van der Waals surface area contributed by atoms with Gasteiger partial charge in [0.1, 0.15) is 5.69 Å². The first kappa shape index (κ1) is 20.5. The molecule has 5 aromatic rings. The Balaban J connectivity index is 1.43. The number of hydrogen-bond donors (Lipinski definition) is 1. The second-order valence-electron chi connectivity index (χ2n) is 7.91. The molecule has 2 aromatic heterocycles. The van der Waals surface area contributed by atoms with Crippen molar-refractivity contribution >= 4 is 11.6 Å². The summed E-state index contributed by atoms with van der Waals surface area (Å²) in [5, 5.41) is 7.77. The molecule has 0 radical (unpaired) electrons. The zero-order valence-corrected chi connectivity index (χ0v) is 18.2. The van der Waals surface area contributed by atoms with Crippen LogP contribution in [0.1, 0.15) is 21.5 Å². The number of anilines is 1. The monoisotopic (exact) mass is 433 g/mol. The Labute approximate surface area is 192 Å². The minimum atomic E-state index is -0.194. The molecule has 0 aliphatic rings. The van der Waals surface area contributed by atoms with Crippen LogP contribution < -0.4 is 5.32 Å². The first-order chi connectivity index (χ1) is 16.2. The molecule has 33 heavy (non-hydrogen) atoms. The van der Waals surface area contributed by atoms with Crippen LogP contribution in [0.2, 0.25) is 0 Å². The number of hydrogen-bond acceptors (Lipinski definition) is 3. The Morgan fingerprint density at radius 1 is 0.939 bits per heavy atom. The summed E-state index contributed by atoms with van der Waals surface area (Å²) < 4.78 is 3.73. The van der Waals surface area contributed by atoms with Crippen molar-refractivity contribution in [1.29, 1.82) is 0 Å². The van der Waals surface area contributed by atoms with Gasteiger partial charge in [0.15, 0.2) is 0 Å². The van der Waals surface area contributed by atoms with Gasteiger partial charge in [-0.25, -0.2) is 4.98 Å². The predicted octanol–water partition coefficient (Wildman–Crippen LogP) is 5.34. The molecule has 0 fully saturated rings. The number of amides is 1. The lowest BCUT2D eigenvalue weighted by Crippen LogP contribution is -2.12. The van der Waals surface area contributed by atoms with E-state index in [1.807, 2.05) is 95.3 Å². The van der Waals surface area contributed by atoms with Crippen LogP contribution in [0.25, 0.3) is 16.9 Å². The van der Waals surface area contributed by atoms with Crippen LogP contribution in [-0.2, 0) is 6.54 Å². The zero-order valence-electron chi connectivity index (χ0n) is 18.2. The topological polar surface area (TPSA) is 64.7 Å². The Bertz CT molecular complexity index is 1350. The maximum atomic E-state index is 13.3. The maximum Gasteiger partial charge on any atom is 0.259 e. The summed E-state index contributed by atoms with van der Waals surface area (Å²) in [6.07, 6.45) is 7.16. The average molecular weight is 434 g/mol. The molecule has 1 amide bonds. The van der Waals surface area contributed by atoms with Gasteiger partial charge in [-0.2, -0.15) is 5.10 Å². The molecule has 0 unspecified atom stereocenters. The molecule has 2 heterocycles. The van der Waals surface area contributed by atoms with E-state index in [0.717, 1.165) is 28.1 Å². The van der Waals surface area contributed by atoms with Gasteiger partial charge in [-0.3, -0.25) is 9.48 Å². The molecular weight excluding hydrogens is 410 g/mol. The molecule has 0 atom stereocenters. The van der Waals surface area contributed by atoms with Gasteiger partial charge in [-0.1, -0.05) is 60.2 Å². The Hall–Kier alpha value is -4.45. The van der Waals surface area contributed by atoms with Crippen LogP contribution in [0.15, 0.2) is 104 Å². The summed E-state index contributed by atoms with van der Waals surface area (Å²) in [6.45, 7) is 2.63. The van der Waals surface area contributed by atoms with Gasteiger partial charge >= 0.3 is 0 Å². The van der Waals surface area contributed by atoms with Crippen molar-refractivity contribution in [1.82, 2.24) is 19.3 Å². The predicted molar refractivity (Wildman–Crippen MR) is 129 cm³/mol. The molecule has 0 aliphatic heterocycles. The minimum absolute atomic E-state index is 0.194. The summed E-state index contributed by atoms with van der Waals surface area (Å²) in [4.78, 5) is 17.3. The number of rotatable bonds is 6. The van der Waals surface area contributed by atoms with Gasteiger partial charge in [-0.05, 0) is 36.8 Å². The molecule has 0 bridgehead atoms. The van der Waals surface area contributed by atoms with Crippen LogP contribution in [0.4, 0.5) is 5.69 Å². The molecule has 1 N–H and O–H groups in total. The number of benzene rings is 3. The summed E-state index contributed by atoms with van der Waals surface area (Å²) >= 11 is 0. The molecule has 3 aromatic carbocycles. The molecule has 0 saturated heterocycles. The number of nitrogens with zero attached hydrogens (tertiary/aromatic N) is 4. The standard InChI is InChI=1S/C27H23N5O/c1-20-7-9-22(10-8-20)26-25(18-32(30-26)17-21-5-3-2-4-6-21)27(33)29-23-11-13-24(14-12-23)31-16-15-28-19-31/h2-16,18-19H,17H2,1H3,(H,29,33). The van der Waals surface area contributed by atoms with Gasteiger partial charge in [0.25, 0.3) is 5.91 Å². The van der Waals surface area contributed by atoms with E-state index in [-0.39, 0.29) is 5.91 Å². The van der Waals surface area contributed by atoms with Gasteiger partial charge < -0.3 is 9.88 Å². The molecule has 0 aliphatic carbocycles. The lowest BCUT2D eigenvalue weighted by molar-refractivity contribution is 0.102. The first-order valence-electron chi connectivity index (χ1n) is 10.7. The van der Waals surface area contributed by atoms with Gasteiger partial charge in [0, 0.05) is 35.5 Å². The van der Waals surface area contributed by atoms with Gasteiger partial charge in [-0.15, -0.1) is 0 Å². The average Bonchev–Trinajstić information content (AvgIpc) is 3.52. The third-order valence-corrected chi connectivity index (χ3v) is 5.45. The van der Waals surface area contributed by atoms with E-state index in [1.54, 1.807) is 12.5 Å². The van der Waals surface area contributed by atoms with Crippen molar-refractivity contribution in [2.45, 2.75) is 13.5 Å². The van der Waals surface area contributed by atoms with Gasteiger partial charge in [0.2, 0.25) is 0 Å². The van der Waals surface area contributed by atoms with E-state index in [4.69, 9.17) is 5.10 Å². The van der Waals surface area contributed by atoms with E-state index < -0.39 is 0 Å². The minimum Gasteiger partial charge on any atom is -0.322 e. The van der Waals surface area contributed by atoms with E-state index >= 15 is 0 Å². The van der Waals surface area contributed by atoms with Crippen molar-refractivity contribution in [3.8, 4) is 16.9 Å². The first-order valence-corrected chi connectivity index (χ1v) is 10.7. The van der Waals surface area contributed by atoms with Crippen LogP contribution in [0.5, 0.6) is 0 Å². The fourth-order valence-electron chi connectivity index (χ4n) is 3.69. The van der Waals surface area contributed by atoms with Crippen LogP contribution in [0, 0.1) is 6.92 Å². The number of carbonyl (C=O) groups excluding carboxylic acids is 1. The van der Waals surface area contributed by atoms with Crippen molar-refractivity contribution in [2.75, 3.05) is 5.32 Å². The molecule has 162 valence electrons. The molecule has 5 rings (SSSR count). The molecule has 6 nitrogen and oxygen atoms in total. The SMILES string of the molecule is Cc1ccc(-c2nn(Cc3ccccc3)cc2C(=O)Nc2ccc(-n3ccnc3)cc2)cc1. The lowest BCUT2D eigenvalue weighted by Gasteiger charge is -2.07. The third-order valence-electron chi connectivity index (χ3n) is 5.45. The van der Waals surface area contributed by atoms with Crippen molar-refractivity contribution in [3.05, 3.63) is 120 Å². The van der Waals surface area contributed by atoms with E-state index in [1.165, 1.54) is 0 Å². The summed E-state index contributed by atoms with van der Waals surface area (Å²) in [6, 6.07) is 25.8. The Kier molecular flexibility index (Phi) is 5.55. The molecule has 0 saturated carbocycles. The number of imidazole rings is 1. The Morgan fingerprint density at radius 3 is 2.39 bits per heavy atom. The molecule has 0 spiro atoms. The summed E-state index contributed by atoms with van der Waals surface area (Å²) in [5.74, 6) is -0.194. The van der Waals surface area contributed by atoms with E-state index in [9.17, 15) is 4.79 Å². The maximum absolute atomic E-state index is 13.3. The summed E-state index contributed by atoms with van der Waals surface area (Å²) in [7, 11) is 0. The van der Waals surface area contributed by atoms with Gasteiger partial charge in [0.05, 0.1) is 18.4 Å². The lowest BCUT2D eigenvalue weighted by atomic mass is 10.1. The van der Waals surface area contributed by atoms with Crippen LogP contribution >= 0.6 is 0 Å². The number of nitrogens with one attached hydrogen (secondary N) is 1. The molecule has 6 heteroatoms. The zero-order chi connectivity index (χ0) is 22.6. The second-order valence-corrected chi connectivity index (χ2v) is 7.91. The van der Waals surface area contributed by atoms with Crippen LogP contribution in [-0.4, -0.2) is 25.2 Å². The number of aryl methyl sites for hydroxylation is 1. The normalized spacial score (nSPS) is 10.8. The van der Waals surface area contributed by atoms with Crippen molar-refractivity contribution in [2.24, 2.45) is 0 Å². The third kappa shape index (κ3) is 4.60. The fourth-order valence-corrected chi connectivity index (χ4v) is 3.69. The summed E-state index contributed by atoms with van der Waals surface area (Å²) in [5.41, 5.74) is 6.08. The van der Waals surface area contributed by atoms with Crippen LogP contribution in [0.3, 0.4) is 0 Å². The van der Waals surface area contributed by atoms with E-state index in [0.29, 0.717) is 17.8 Å².